The molecular formula is C16H13FN2O. The Labute approximate surface area is 117 Å². The molecule has 1 amide bonds. The highest BCUT2D eigenvalue weighted by Gasteiger charge is 2.07. The van der Waals surface area contributed by atoms with E-state index in [0.717, 1.165) is 0 Å². The molecule has 0 aliphatic carbocycles. The minimum atomic E-state index is -0.323. The number of aromatic nitrogens is 1. The third-order valence-corrected chi connectivity index (χ3v) is 2.58. The summed E-state index contributed by atoms with van der Waals surface area (Å²) in [5, 5.41) is 0. The minimum absolute atomic E-state index is 0.109. The molecule has 0 aliphatic rings. The van der Waals surface area contributed by atoms with Crippen LogP contribution in [0.25, 0.3) is 0 Å². The van der Waals surface area contributed by atoms with Crippen molar-refractivity contribution in [3.8, 4) is 11.8 Å². The van der Waals surface area contributed by atoms with E-state index in [4.69, 9.17) is 0 Å². The van der Waals surface area contributed by atoms with Crippen LogP contribution in [0, 0.1) is 17.7 Å². The van der Waals surface area contributed by atoms with E-state index >= 15 is 0 Å². The number of benzene rings is 1. The summed E-state index contributed by atoms with van der Waals surface area (Å²) in [6.07, 6.45) is 1.48. The fourth-order valence-electron chi connectivity index (χ4n) is 1.55. The number of pyridine rings is 1. The Kier molecular flexibility index (Phi) is 4.11. The van der Waals surface area contributed by atoms with Gasteiger partial charge in [-0.25, -0.2) is 9.37 Å². The molecule has 100 valence electrons. The largest absolute Gasteiger partial charge is 0.345 e. The van der Waals surface area contributed by atoms with Crippen molar-refractivity contribution in [3.05, 3.63) is 65.2 Å². The van der Waals surface area contributed by atoms with E-state index in [0.29, 0.717) is 16.8 Å². The molecule has 0 spiro atoms. The Balaban J connectivity index is 2.18. The molecule has 4 heteroatoms. The van der Waals surface area contributed by atoms with Gasteiger partial charge in [0.15, 0.2) is 0 Å². The summed E-state index contributed by atoms with van der Waals surface area (Å²) < 4.78 is 13.0. The van der Waals surface area contributed by atoms with E-state index < -0.39 is 0 Å². The molecule has 0 aliphatic heterocycles. The molecule has 0 N–H and O–H groups in total. The zero-order valence-electron chi connectivity index (χ0n) is 11.2. The van der Waals surface area contributed by atoms with Crippen molar-refractivity contribution in [3.63, 3.8) is 0 Å². The van der Waals surface area contributed by atoms with Gasteiger partial charge in [0, 0.05) is 25.9 Å². The Hall–Kier alpha value is -2.67. The van der Waals surface area contributed by atoms with Crippen LogP contribution in [0.3, 0.4) is 0 Å². The molecule has 3 nitrogen and oxygen atoms in total. The number of hydrogen-bond acceptors (Lipinski definition) is 2. The topological polar surface area (TPSA) is 33.2 Å². The summed E-state index contributed by atoms with van der Waals surface area (Å²) in [4.78, 5) is 17.3. The molecule has 0 saturated carbocycles. The van der Waals surface area contributed by atoms with Crippen molar-refractivity contribution in [2.75, 3.05) is 14.1 Å². The van der Waals surface area contributed by atoms with Crippen molar-refractivity contribution in [1.29, 1.82) is 0 Å². The van der Waals surface area contributed by atoms with Crippen LogP contribution in [0.4, 0.5) is 4.39 Å². The van der Waals surface area contributed by atoms with Crippen LogP contribution in [0.5, 0.6) is 0 Å². The Morgan fingerprint density at radius 2 is 2.00 bits per heavy atom. The second-order valence-corrected chi connectivity index (χ2v) is 4.39. The first-order valence-corrected chi connectivity index (χ1v) is 6.01. The lowest BCUT2D eigenvalue weighted by molar-refractivity contribution is 0.0827. The van der Waals surface area contributed by atoms with Gasteiger partial charge >= 0.3 is 0 Å². The maximum absolute atomic E-state index is 13.0. The first-order chi connectivity index (χ1) is 9.56. The maximum Gasteiger partial charge on any atom is 0.254 e. The SMILES string of the molecule is CN(C)C(=O)c1ccc(C#Cc2cccc(F)c2)nc1. The average Bonchev–Trinajstić information content (AvgIpc) is 2.45. The van der Waals surface area contributed by atoms with Gasteiger partial charge in [0.2, 0.25) is 0 Å². The lowest BCUT2D eigenvalue weighted by atomic mass is 10.2. The predicted octanol–water partition coefficient (Wildman–Crippen LogP) is 2.32. The van der Waals surface area contributed by atoms with Crippen LogP contribution < -0.4 is 0 Å². The average molecular weight is 268 g/mol. The van der Waals surface area contributed by atoms with Crippen molar-refractivity contribution in [1.82, 2.24) is 9.88 Å². The molecule has 1 heterocycles. The molecule has 0 atom stereocenters. The zero-order valence-corrected chi connectivity index (χ0v) is 11.2. The normalized spacial score (nSPS) is 9.55. The number of carbonyl (C=O) groups excluding carboxylic acids is 1. The molecule has 2 aromatic rings. The number of amides is 1. The van der Waals surface area contributed by atoms with Crippen LogP contribution in [0.1, 0.15) is 21.6 Å². The van der Waals surface area contributed by atoms with Gasteiger partial charge in [0.25, 0.3) is 5.91 Å². The summed E-state index contributed by atoms with van der Waals surface area (Å²) in [5.41, 5.74) is 1.62. The van der Waals surface area contributed by atoms with E-state index in [1.165, 1.54) is 23.2 Å². The maximum atomic E-state index is 13.0. The van der Waals surface area contributed by atoms with Crippen molar-refractivity contribution >= 4 is 5.91 Å². The van der Waals surface area contributed by atoms with Crippen LogP contribution >= 0.6 is 0 Å². The summed E-state index contributed by atoms with van der Waals surface area (Å²) in [5.74, 6) is 5.22. The number of carbonyl (C=O) groups is 1. The number of nitrogens with zero attached hydrogens (tertiary/aromatic N) is 2. The summed E-state index contributed by atoms with van der Waals surface area (Å²) >= 11 is 0. The molecule has 1 aromatic heterocycles. The molecule has 0 saturated heterocycles. The van der Waals surface area contributed by atoms with Gasteiger partial charge in [-0.15, -0.1) is 0 Å². The summed E-state index contributed by atoms with van der Waals surface area (Å²) in [6, 6.07) is 9.39. The molecule has 1 aromatic carbocycles. The molecular weight excluding hydrogens is 255 g/mol. The fourth-order valence-corrected chi connectivity index (χ4v) is 1.55. The highest BCUT2D eigenvalue weighted by atomic mass is 19.1. The number of halogens is 1. The lowest BCUT2D eigenvalue weighted by Gasteiger charge is -2.09. The van der Waals surface area contributed by atoms with Crippen molar-refractivity contribution in [2.45, 2.75) is 0 Å². The molecule has 0 fully saturated rings. The van der Waals surface area contributed by atoms with Gasteiger partial charge < -0.3 is 4.90 Å². The van der Waals surface area contributed by atoms with Gasteiger partial charge in [-0.3, -0.25) is 4.79 Å². The van der Waals surface area contributed by atoms with Crippen LogP contribution in [0.2, 0.25) is 0 Å². The fraction of sp³-hybridized carbons (Fsp3) is 0.125. The standard InChI is InChI=1S/C16H13FN2O/c1-19(2)16(20)13-7-9-15(18-11-13)8-6-12-4-3-5-14(17)10-12/h3-5,7,9-11H,1-2H3. The van der Waals surface area contributed by atoms with Crippen LogP contribution in [-0.2, 0) is 0 Å². The smallest absolute Gasteiger partial charge is 0.254 e. The predicted molar refractivity (Wildman–Crippen MR) is 74.6 cm³/mol. The third-order valence-electron chi connectivity index (χ3n) is 2.58. The molecule has 0 radical (unpaired) electrons. The van der Waals surface area contributed by atoms with Crippen molar-refractivity contribution < 1.29 is 9.18 Å². The van der Waals surface area contributed by atoms with E-state index in [1.807, 2.05) is 0 Å². The third kappa shape index (κ3) is 3.42. The second kappa shape index (κ2) is 5.98. The van der Waals surface area contributed by atoms with Gasteiger partial charge in [-0.2, -0.15) is 0 Å². The number of hydrogen-bond donors (Lipinski definition) is 0. The van der Waals surface area contributed by atoms with Crippen LogP contribution in [-0.4, -0.2) is 29.9 Å². The minimum Gasteiger partial charge on any atom is -0.345 e. The Morgan fingerprint density at radius 3 is 2.60 bits per heavy atom. The monoisotopic (exact) mass is 268 g/mol. The lowest BCUT2D eigenvalue weighted by Crippen LogP contribution is -2.21. The molecule has 0 bridgehead atoms. The first kappa shape index (κ1) is 13.8. The molecule has 20 heavy (non-hydrogen) atoms. The van der Waals surface area contributed by atoms with Gasteiger partial charge in [-0.05, 0) is 36.3 Å². The van der Waals surface area contributed by atoms with E-state index in [9.17, 15) is 9.18 Å². The highest BCUT2D eigenvalue weighted by molar-refractivity contribution is 5.93. The molecule has 2 rings (SSSR count). The van der Waals surface area contributed by atoms with Crippen LogP contribution in [0.15, 0.2) is 42.6 Å². The van der Waals surface area contributed by atoms with E-state index in [-0.39, 0.29) is 11.7 Å². The van der Waals surface area contributed by atoms with E-state index in [2.05, 4.69) is 16.8 Å². The molecule has 0 unspecified atom stereocenters. The second-order valence-electron chi connectivity index (χ2n) is 4.39. The number of rotatable bonds is 1. The van der Waals surface area contributed by atoms with Gasteiger partial charge in [-0.1, -0.05) is 12.0 Å². The van der Waals surface area contributed by atoms with E-state index in [1.54, 1.807) is 38.4 Å². The Morgan fingerprint density at radius 1 is 1.20 bits per heavy atom. The quantitative estimate of drug-likeness (QED) is 0.744. The summed E-state index contributed by atoms with van der Waals surface area (Å²) in [6.45, 7) is 0. The van der Waals surface area contributed by atoms with Crippen molar-refractivity contribution in [2.24, 2.45) is 0 Å². The van der Waals surface area contributed by atoms with Gasteiger partial charge in [0.1, 0.15) is 11.5 Å². The zero-order chi connectivity index (χ0) is 14.5. The van der Waals surface area contributed by atoms with Gasteiger partial charge in [0.05, 0.1) is 5.56 Å². The first-order valence-electron chi connectivity index (χ1n) is 6.01. The Bertz CT molecular complexity index is 682. The highest BCUT2D eigenvalue weighted by Crippen LogP contribution is 2.04. The summed E-state index contributed by atoms with van der Waals surface area (Å²) in [7, 11) is 3.36.